The molecular weight excluding hydrogens is 346 g/mol. The highest BCUT2D eigenvalue weighted by atomic mass is 16.5. The number of carbonyl (C=O) groups is 2. The van der Waals surface area contributed by atoms with Crippen molar-refractivity contribution in [3.8, 4) is 5.75 Å². The van der Waals surface area contributed by atoms with Crippen LogP contribution in [-0.2, 0) is 11.2 Å². The average Bonchev–Trinajstić information content (AvgIpc) is 2.74. The molecular formula is C19H23N5O3. The van der Waals surface area contributed by atoms with Crippen LogP contribution in [0.5, 0.6) is 5.75 Å². The molecule has 27 heavy (non-hydrogen) atoms. The van der Waals surface area contributed by atoms with Gasteiger partial charge in [-0.25, -0.2) is 9.97 Å². The molecule has 0 radical (unpaired) electrons. The van der Waals surface area contributed by atoms with Crippen molar-refractivity contribution in [3.05, 3.63) is 47.8 Å². The van der Waals surface area contributed by atoms with Gasteiger partial charge < -0.3 is 19.9 Å². The molecule has 1 aromatic carbocycles. The lowest BCUT2D eigenvalue weighted by Gasteiger charge is -2.32. The summed E-state index contributed by atoms with van der Waals surface area (Å²) >= 11 is 0. The SMILES string of the molecule is COc1ccccc1CCNC(=O)c1cnc(N2CCN(C=O)CC2)nc1. The Morgan fingerprint density at radius 2 is 1.89 bits per heavy atom. The van der Waals surface area contributed by atoms with E-state index in [1.807, 2.05) is 29.2 Å². The van der Waals surface area contributed by atoms with Crippen LogP contribution in [0, 0.1) is 0 Å². The van der Waals surface area contributed by atoms with Gasteiger partial charge in [0.15, 0.2) is 0 Å². The highest BCUT2D eigenvalue weighted by molar-refractivity contribution is 5.93. The third kappa shape index (κ3) is 4.72. The van der Waals surface area contributed by atoms with Gasteiger partial charge in [0.2, 0.25) is 12.4 Å². The van der Waals surface area contributed by atoms with E-state index in [1.165, 1.54) is 12.4 Å². The predicted octanol–water partition coefficient (Wildman–Crippen LogP) is 0.736. The number of piperazine rings is 1. The summed E-state index contributed by atoms with van der Waals surface area (Å²) in [5.74, 6) is 1.18. The van der Waals surface area contributed by atoms with E-state index in [2.05, 4.69) is 15.3 Å². The number of methoxy groups -OCH3 is 1. The van der Waals surface area contributed by atoms with Crippen LogP contribution in [0.3, 0.4) is 0 Å². The Morgan fingerprint density at radius 1 is 1.19 bits per heavy atom. The molecule has 2 amide bonds. The van der Waals surface area contributed by atoms with E-state index in [0.717, 1.165) is 17.7 Å². The van der Waals surface area contributed by atoms with Crippen molar-refractivity contribution in [1.82, 2.24) is 20.2 Å². The summed E-state index contributed by atoms with van der Waals surface area (Å²) in [6, 6.07) is 7.74. The normalized spacial score (nSPS) is 14.0. The van der Waals surface area contributed by atoms with Crippen LogP contribution >= 0.6 is 0 Å². The number of carbonyl (C=O) groups excluding carboxylic acids is 2. The highest BCUT2D eigenvalue weighted by Crippen LogP contribution is 2.17. The van der Waals surface area contributed by atoms with E-state index in [0.29, 0.717) is 50.7 Å². The number of amides is 2. The Hall–Kier alpha value is -3.16. The highest BCUT2D eigenvalue weighted by Gasteiger charge is 2.18. The maximum Gasteiger partial charge on any atom is 0.254 e. The Balaban J connectivity index is 1.51. The number of aromatic nitrogens is 2. The summed E-state index contributed by atoms with van der Waals surface area (Å²) < 4.78 is 5.31. The number of anilines is 1. The molecule has 1 aliphatic heterocycles. The first-order chi connectivity index (χ1) is 13.2. The van der Waals surface area contributed by atoms with Crippen LogP contribution in [0.4, 0.5) is 5.95 Å². The summed E-state index contributed by atoms with van der Waals surface area (Å²) in [6.07, 6.45) is 4.60. The van der Waals surface area contributed by atoms with Gasteiger partial charge in [-0.1, -0.05) is 18.2 Å². The number of ether oxygens (including phenoxy) is 1. The lowest BCUT2D eigenvalue weighted by atomic mass is 10.1. The molecule has 1 N–H and O–H groups in total. The van der Waals surface area contributed by atoms with Gasteiger partial charge in [0.05, 0.1) is 12.7 Å². The zero-order chi connectivity index (χ0) is 19.1. The first kappa shape index (κ1) is 18.6. The molecule has 8 heteroatoms. The maximum absolute atomic E-state index is 12.3. The van der Waals surface area contributed by atoms with Crippen LogP contribution < -0.4 is 15.0 Å². The van der Waals surface area contributed by atoms with Crippen molar-refractivity contribution in [3.63, 3.8) is 0 Å². The van der Waals surface area contributed by atoms with Crippen LogP contribution in [0.1, 0.15) is 15.9 Å². The Labute approximate surface area is 158 Å². The third-order valence-corrected chi connectivity index (χ3v) is 4.52. The van der Waals surface area contributed by atoms with Crippen molar-refractivity contribution in [2.45, 2.75) is 6.42 Å². The zero-order valence-corrected chi connectivity index (χ0v) is 15.3. The lowest BCUT2D eigenvalue weighted by molar-refractivity contribution is -0.118. The van der Waals surface area contributed by atoms with Crippen LogP contribution in [0.25, 0.3) is 0 Å². The largest absolute Gasteiger partial charge is 0.496 e. The van der Waals surface area contributed by atoms with E-state index in [4.69, 9.17) is 4.74 Å². The smallest absolute Gasteiger partial charge is 0.254 e. The van der Waals surface area contributed by atoms with Gasteiger partial charge in [0.25, 0.3) is 5.91 Å². The maximum atomic E-state index is 12.3. The van der Waals surface area contributed by atoms with E-state index in [9.17, 15) is 9.59 Å². The molecule has 2 aromatic rings. The summed E-state index contributed by atoms with van der Waals surface area (Å²) in [4.78, 5) is 35.4. The van der Waals surface area contributed by atoms with Crippen molar-refractivity contribution in [2.24, 2.45) is 0 Å². The molecule has 0 unspecified atom stereocenters. The van der Waals surface area contributed by atoms with Gasteiger partial charge in [-0.15, -0.1) is 0 Å². The van der Waals surface area contributed by atoms with Crippen molar-refractivity contribution >= 4 is 18.3 Å². The van der Waals surface area contributed by atoms with Gasteiger partial charge in [0.1, 0.15) is 5.75 Å². The topological polar surface area (TPSA) is 87.7 Å². The number of hydrogen-bond donors (Lipinski definition) is 1. The number of nitrogens with one attached hydrogen (secondary N) is 1. The molecule has 1 aliphatic rings. The number of hydrogen-bond acceptors (Lipinski definition) is 6. The number of nitrogens with zero attached hydrogens (tertiary/aromatic N) is 4. The number of para-hydroxylation sites is 1. The van der Waals surface area contributed by atoms with Gasteiger partial charge in [-0.2, -0.15) is 0 Å². The molecule has 1 aromatic heterocycles. The standard InChI is InChI=1S/C19H23N5O3/c1-27-17-5-3-2-4-15(17)6-7-20-18(26)16-12-21-19(22-13-16)24-10-8-23(14-25)9-11-24/h2-5,12-14H,6-11H2,1H3,(H,20,26). The quantitative estimate of drug-likeness (QED) is 0.724. The third-order valence-electron chi connectivity index (χ3n) is 4.52. The fraction of sp³-hybridized carbons (Fsp3) is 0.368. The summed E-state index contributed by atoms with van der Waals surface area (Å²) in [5, 5.41) is 2.88. The summed E-state index contributed by atoms with van der Waals surface area (Å²) in [5.41, 5.74) is 1.46. The molecule has 0 bridgehead atoms. The van der Waals surface area contributed by atoms with Crippen LogP contribution in [0.2, 0.25) is 0 Å². The second-order valence-corrected chi connectivity index (χ2v) is 6.22. The average molecular weight is 369 g/mol. The molecule has 0 atom stereocenters. The molecule has 0 spiro atoms. The minimum atomic E-state index is -0.206. The first-order valence-electron chi connectivity index (χ1n) is 8.87. The zero-order valence-electron chi connectivity index (χ0n) is 15.3. The molecule has 1 fully saturated rings. The Bertz CT molecular complexity index is 773. The van der Waals surface area contributed by atoms with Crippen LogP contribution in [-0.4, -0.2) is 67.0 Å². The second kappa shape index (κ2) is 8.98. The van der Waals surface area contributed by atoms with E-state index in [-0.39, 0.29) is 5.91 Å². The molecule has 1 saturated heterocycles. The molecule has 0 saturated carbocycles. The predicted molar refractivity (Wildman–Crippen MR) is 101 cm³/mol. The molecule has 142 valence electrons. The summed E-state index contributed by atoms with van der Waals surface area (Å²) in [6.45, 7) is 3.16. The van der Waals surface area contributed by atoms with Crippen LogP contribution in [0.15, 0.2) is 36.7 Å². The van der Waals surface area contributed by atoms with E-state index < -0.39 is 0 Å². The fourth-order valence-corrected chi connectivity index (χ4v) is 2.95. The second-order valence-electron chi connectivity index (χ2n) is 6.22. The first-order valence-corrected chi connectivity index (χ1v) is 8.87. The van der Waals surface area contributed by atoms with Gasteiger partial charge >= 0.3 is 0 Å². The van der Waals surface area contributed by atoms with Crippen molar-refractivity contribution in [1.29, 1.82) is 0 Å². The number of benzene rings is 1. The van der Waals surface area contributed by atoms with Crippen molar-refractivity contribution in [2.75, 3.05) is 44.7 Å². The summed E-state index contributed by atoms with van der Waals surface area (Å²) in [7, 11) is 1.63. The number of rotatable bonds is 7. The van der Waals surface area contributed by atoms with E-state index >= 15 is 0 Å². The monoisotopic (exact) mass is 369 g/mol. The Kier molecular flexibility index (Phi) is 6.19. The lowest BCUT2D eigenvalue weighted by Crippen LogP contribution is -2.46. The molecule has 8 nitrogen and oxygen atoms in total. The fourth-order valence-electron chi connectivity index (χ4n) is 2.95. The molecule has 2 heterocycles. The van der Waals surface area contributed by atoms with Gasteiger partial charge in [-0.3, -0.25) is 9.59 Å². The molecule has 0 aliphatic carbocycles. The minimum Gasteiger partial charge on any atom is -0.496 e. The van der Waals surface area contributed by atoms with E-state index in [1.54, 1.807) is 12.0 Å². The minimum absolute atomic E-state index is 0.206. The van der Waals surface area contributed by atoms with Crippen molar-refractivity contribution < 1.29 is 14.3 Å². The van der Waals surface area contributed by atoms with Gasteiger partial charge in [0, 0.05) is 45.1 Å². The molecule has 3 rings (SSSR count). The van der Waals surface area contributed by atoms with Gasteiger partial charge in [-0.05, 0) is 18.1 Å². The Morgan fingerprint density at radius 3 is 2.56 bits per heavy atom.